The number of nitrogen functional groups attached to an aromatic ring is 1. The van der Waals surface area contributed by atoms with Crippen molar-refractivity contribution in [2.75, 3.05) is 36.6 Å². The predicted molar refractivity (Wildman–Crippen MR) is 137 cm³/mol. The zero-order valence-corrected chi connectivity index (χ0v) is 19.6. The van der Waals surface area contributed by atoms with Crippen LogP contribution < -0.4 is 21.1 Å². The van der Waals surface area contributed by atoms with Crippen molar-refractivity contribution >= 4 is 34.6 Å². The Bertz CT molecular complexity index is 1470. The number of urea groups is 1. The van der Waals surface area contributed by atoms with Gasteiger partial charge in [0, 0.05) is 29.9 Å². The number of amides is 3. The Labute approximate surface area is 206 Å². The van der Waals surface area contributed by atoms with Crippen molar-refractivity contribution < 1.29 is 14.3 Å². The molecule has 182 valence electrons. The first-order chi connectivity index (χ1) is 17.5. The molecule has 2 aromatic heterocycles. The van der Waals surface area contributed by atoms with Gasteiger partial charge in [-0.3, -0.25) is 4.79 Å². The van der Waals surface area contributed by atoms with Gasteiger partial charge in [0.25, 0.3) is 0 Å². The van der Waals surface area contributed by atoms with Gasteiger partial charge in [-0.05, 0) is 42.3 Å². The summed E-state index contributed by atoms with van der Waals surface area (Å²) in [6, 6.07) is 12.5. The van der Waals surface area contributed by atoms with Gasteiger partial charge < -0.3 is 26.0 Å². The Morgan fingerprint density at radius 1 is 1.11 bits per heavy atom. The van der Waals surface area contributed by atoms with Crippen LogP contribution in [-0.4, -0.2) is 56.8 Å². The van der Waals surface area contributed by atoms with E-state index < -0.39 is 0 Å². The van der Waals surface area contributed by atoms with Crippen LogP contribution in [0.2, 0.25) is 0 Å². The highest BCUT2D eigenvalue weighted by molar-refractivity contribution is 6.00. The van der Waals surface area contributed by atoms with Gasteiger partial charge in [-0.25, -0.2) is 9.78 Å². The third-order valence-corrected chi connectivity index (χ3v) is 5.96. The van der Waals surface area contributed by atoms with E-state index in [0.717, 1.165) is 30.6 Å². The second-order valence-corrected chi connectivity index (χ2v) is 8.16. The van der Waals surface area contributed by atoms with E-state index in [4.69, 9.17) is 10.5 Å². The van der Waals surface area contributed by atoms with Crippen molar-refractivity contribution in [1.29, 1.82) is 0 Å². The number of likely N-dealkylation sites (tertiary alicyclic amines) is 1. The van der Waals surface area contributed by atoms with Crippen LogP contribution in [-0.2, 0) is 4.79 Å². The van der Waals surface area contributed by atoms with Crippen LogP contribution in [0.25, 0.3) is 27.9 Å². The summed E-state index contributed by atoms with van der Waals surface area (Å²) in [4.78, 5) is 29.9. The quantitative estimate of drug-likeness (QED) is 0.356. The summed E-state index contributed by atoms with van der Waals surface area (Å²) in [6.45, 7) is 4.95. The molecular formula is C25H24N8O3. The van der Waals surface area contributed by atoms with E-state index in [1.165, 1.54) is 17.0 Å². The number of hydrogen-bond acceptors (Lipinski definition) is 7. The standard InChI is InChI=1S/C25H24N8O3/c1-3-20(34)29-17-8-5-15(6-9-17)22-21(23-24(26)27-14-28-33(23)31-22)16-7-10-18(19(13-16)36-2)30-25(35)32-11-4-12-32/h3,5-10,13-14H,1,4,11-12H2,2H3,(H,29,34)(H,30,35)(H2,26,27,28). The number of hydrogen-bond donors (Lipinski definition) is 3. The number of anilines is 3. The number of nitrogens with two attached hydrogens (primary N) is 1. The van der Waals surface area contributed by atoms with Gasteiger partial charge in [0.05, 0.1) is 12.8 Å². The van der Waals surface area contributed by atoms with Crippen LogP contribution >= 0.6 is 0 Å². The first kappa shape index (κ1) is 22.8. The lowest BCUT2D eigenvalue weighted by atomic mass is 9.99. The highest BCUT2D eigenvalue weighted by Gasteiger charge is 2.23. The van der Waals surface area contributed by atoms with Gasteiger partial charge in [0.15, 0.2) is 5.82 Å². The number of nitrogens with zero attached hydrogens (tertiary/aromatic N) is 5. The molecule has 0 atom stereocenters. The second-order valence-electron chi connectivity index (χ2n) is 8.16. The molecule has 1 aliphatic rings. The smallest absolute Gasteiger partial charge is 0.321 e. The molecule has 11 heteroatoms. The Morgan fingerprint density at radius 2 is 1.86 bits per heavy atom. The molecule has 11 nitrogen and oxygen atoms in total. The third-order valence-electron chi connectivity index (χ3n) is 5.96. The molecule has 0 radical (unpaired) electrons. The normalized spacial score (nSPS) is 12.6. The van der Waals surface area contributed by atoms with E-state index in [9.17, 15) is 9.59 Å². The number of methoxy groups -OCH3 is 1. The van der Waals surface area contributed by atoms with Crippen molar-refractivity contribution in [2.45, 2.75) is 6.42 Å². The van der Waals surface area contributed by atoms with Crippen LogP contribution in [0.1, 0.15) is 6.42 Å². The minimum atomic E-state index is -0.299. The number of carbonyl (C=O) groups is 2. The molecule has 0 saturated carbocycles. The van der Waals surface area contributed by atoms with Gasteiger partial charge in [0.1, 0.15) is 23.3 Å². The Balaban J connectivity index is 1.58. The summed E-state index contributed by atoms with van der Waals surface area (Å²) in [5.74, 6) is 0.458. The lowest BCUT2D eigenvalue weighted by molar-refractivity contribution is -0.111. The summed E-state index contributed by atoms with van der Waals surface area (Å²) >= 11 is 0. The zero-order valence-electron chi connectivity index (χ0n) is 19.6. The molecule has 4 N–H and O–H groups in total. The van der Waals surface area contributed by atoms with Crippen molar-refractivity contribution in [3.8, 4) is 28.1 Å². The maximum atomic E-state index is 12.4. The van der Waals surface area contributed by atoms with E-state index in [0.29, 0.717) is 33.9 Å². The average Bonchev–Trinajstić information content (AvgIpc) is 3.24. The van der Waals surface area contributed by atoms with Crippen LogP contribution in [0.15, 0.2) is 61.4 Å². The van der Waals surface area contributed by atoms with Crippen molar-refractivity contribution in [1.82, 2.24) is 24.7 Å². The van der Waals surface area contributed by atoms with E-state index in [1.54, 1.807) is 30.2 Å². The predicted octanol–water partition coefficient (Wildman–Crippen LogP) is 3.41. The Morgan fingerprint density at radius 3 is 2.53 bits per heavy atom. The molecule has 2 aromatic carbocycles. The Kier molecular flexibility index (Phi) is 5.95. The summed E-state index contributed by atoms with van der Waals surface area (Å²) in [5.41, 5.74) is 10.8. The van der Waals surface area contributed by atoms with Gasteiger partial charge >= 0.3 is 6.03 Å². The number of aromatic nitrogens is 4. The number of fused-ring (bicyclic) bond motifs is 1. The molecule has 5 rings (SSSR count). The minimum absolute atomic E-state index is 0.162. The summed E-state index contributed by atoms with van der Waals surface area (Å²) in [7, 11) is 1.54. The number of benzene rings is 2. The molecule has 3 heterocycles. The maximum Gasteiger partial charge on any atom is 0.321 e. The SMILES string of the molecule is C=CC(=O)Nc1ccc(-c2nn3ncnc(N)c3c2-c2ccc(NC(=O)N3CCC3)c(OC)c2)cc1. The van der Waals surface area contributed by atoms with Gasteiger partial charge in [-0.2, -0.15) is 0 Å². The van der Waals surface area contributed by atoms with Crippen LogP contribution in [0.3, 0.4) is 0 Å². The fourth-order valence-electron chi connectivity index (χ4n) is 3.96. The molecule has 1 fully saturated rings. The summed E-state index contributed by atoms with van der Waals surface area (Å²) in [6.07, 6.45) is 3.55. The average molecular weight is 485 g/mol. The molecule has 3 amide bonds. The van der Waals surface area contributed by atoms with E-state index in [1.807, 2.05) is 24.3 Å². The van der Waals surface area contributed by atoms with E-state index >= 15 is 0 Å². The van der Waals surface area contributed by atoms with E-state index in [-0.39, 0.29) is 17.8 Å². The minimum Gasteiger partial charge on any atom is -0.495 e. The number of ether oxygens (including phenoxy) is 1. The van der Waals surface area contributed by atoms with E-state index in [2.05, 4.69) is 32.4 Å². The summed E-state index contributed by atoms with van der Waals surface area (Å²) in [5, 5.41) is 14.5. The van der Waals surface area contributed by atoms with Crippen LogP contribution in [0.4, 0.5) is 22.0 Å². The molecule has 36 heavy (non-hydrogen) atoms. The Hall–Kier alpha value is -4.93. The molecule has 1 aliphatic heterocycles. The number of nitrogens with one attached hydrogen (secondary N) is 2. The molecule has 0 unspecified atom stereocenters. The highest BCUT2D eigenvalue weighted by Crippen LogP contribution is 2.40. The van der Waals surface area contributed by atoms with Gasteiger partial charge in [-0.15, -0.1) is 14.8 Å². The number of carbonyl (C=O) groups excluding carboxylic acids is 2. The molecule has 1 saturated heterocycles. The fraction of sp³-hybridized carbons (Fsp3) is 0.160. The molecular weight excluding hydrogens is 460 g/mol. The third kappa shape index (κ3) is 4.17. The first-order valence-corrected chi connectivity index (χ1v) is 11.3. The van der Waals surface area contributed by atoms with Gasteiger partial charge in [-0.1, -0.05) is 24.8 Å². The highest BCUT2D eigenvalue weighted by atomic mass is 16.5. The lowest BCUT2D eigenvalue weighted by Gasteiger charge is -2.31. The van der Waals surface area contributed by atoms with Crippen LogP contribution in [0, 0.1) is 0 Å². The maximum absolute atomic E-state index is 12.4. The molecule has 0 spiro atoms. The summed E-state index contributed by atoms with van der Waals surface area (Å²) < 4.78 is 7.03. The topological polar surface area (TPSA) is 140 Å². The largest absolute Gasteiger partial charge is 0.495 e. The molecule has 4 aromatic rings. The van der Waals surface area contributed by atoms with Gasteiger partial charge in [0.2, 0.25) is 5.91 Å². The first-order valence-electron chi connectivity index (χ1n) is 11.3. The van der Waals surface area contributed by atoms with Crippen molar-refractivity contribution in [2.24, 2.45) is 0 Å². The van der Waals surface area contributed by atoms with Crippen molar-refractivity contribution in [3.63, 3.8) is 0 Å². The van der Waals surface area contributed by atoms with Crippen molar-refractivity contribution in [3.05, 3.63) is 61.4 Å². The molecule has 0 bridgehead atoms. The molecule has 0 aliphatic carbocycles. The fourth-order valence-corrected chi connectivity index (χ4v) is 3.96. The zero-order chi connectivity index (χ0) is 25.2. The lowest BCUT2D eigenvalue weighted by Crippen LogP contribution is -2.44. The monoisotopic (exact) mass is 484 g/mol. The second kappa shape index (κ2) is 9.37. The number of rotatable bonds is 6. The van der Waals surface area contributed by atoms with Crippen LogP contribution in [0.5, 0.6) is 5.75 Å².